The molecule has 0 saturated heterocycles. The largest absolute Gasteiger partial charge is 0.458 e. The van der Waals surface area contributed by atoms with Crippen molar-refractivity contribution in [1.29, 1.82) is 0 Å². The van der Waals surface area contributed by atoms with E-state index in [9.17, 15) is 35.9 Å². The molecule has 204 valence electrons. The average Bonchev–Trinajstić information content (AvgIpc) is 3.40. The van der Waals surface area contributed by atoms with Gasteiger partial charge in [0.1, 0.15) is 12.2 Å². The Morgan fingerprint density at radius 3 is 1.97 bits per heavy atom. The highest BCUT2D eigenvalue weighted by molar-refractivity contribution is 5.82. The minimum atomic E-state index is -4.57. The highest BCUT2D eigenvalue weighted by Crippen LogP contribution is 2.58. The Bertz CT molecular complexity index is 988. The Labute approximate surface area is 211 Å². The fourth-order valence-corrected chi connectivity index (χ4v) is 5.63. The fraction of sp³-hybridized carbons (Fsp3) is 0.556. The summed E-state index contributed by atoms with van der Waals surface area (Å²) in [7, 11) is 0. The third-order valence-corrected chi connectivity index (χ3v) is 7.47. The molecule has 0 aliphatic heterocycles. The molecule has 0 aromatic rings. The maximum absolute atomic E-state index is 12.5. The summed E-state index contributed by atoms with van der Waals surface area (Å²) in [4.78, 5) is 24.8. The van der Waals surface area contributed by atoms with Crippen LogP contribution in [-0.2, 0) is 19.1 Å². The summed E-state index contributed by atoms with van der Waals surface area (Å²) in [6.07, 6.45) is 0.837. The van der Waals surface area contributed by atoms with E-state index in [4.69, 9.17) is 9.47 Å². The molecule has 0 heterocycles. The Kier molecular flexibility index (Phi) is 9.13. The second-order valence-electron chi connectivity index (χ2n) is 9.86. The van der Waals surface area contributed by atoms with Crippen LogP contribution in [0.25, 0.3) is 0 Å². The number of hydrogen-bond acceptors (Lipinski definition) is 4. The van der Waals surface area contributed by atoms with Crippen LogP contribution >= 0.6 is 0 Å². The van der Waals surface area contributed by atoms with Gasteiger partial charge >= 0.3 is 24.3 Å². The maximum atomic E-state index is 12.5. The van der Waals surface area contributed by atoms with E-state index in [-0.39, 0.29) is 6.42 Å². The summed E-state index contributed by atoms with van der Waals surface area (Å²) in [6.45, 7) is 3.82. The van der Waals surface area contributed by atoms with Crippen molar-refractivity contribution in [3.63, 3.8) is 0 Å². The zero-order chi connectivity index (χ0) is 27.4. The molecular formula is C27H30F6O4. The van der Waals surface area contributed by atoms with E-state index in [2.05, 4.69) is 6.58 Å². The Morgan fingerprint density at radius 2 is 1.41 bits per heavy atom. The van der Waals surface area contributed by atoms with E-state index in [1.165, 1.54) is 6.08 Å². The molecule has 0 spiro atoms. The molecule has 0 amide bonds. The number of carbonyl (C=O) groups is 2. The summed E-state index contributed by atoms with van der Waals surface area (Å²) in [6, 6.07) is 0. The number of allylic oxidation sites excluding steroid dienone is 7. The standard InChI is InChI=1S/C27H30F6O4/c1-16(26(28,29)30)7-3-5-9-24(34)36-22-14-20-18-11-12-19(13-18)21(20)15-23(22)37-25(35)10-6-4-8-17(2)27(31,32)33/h3-9,18-23H,1,10-15H2,2H3/b6-4-,7-3-,9-5+,17-8+. The molecule has 0 radical (unpaired) electrons. The van der Waals surface area contributed by atoms with Crippen LogP contribution in [0.15, 0.2) is 60.3 Å². The van der Waals surface area contributed by atoms with Crippen molar-refractivity contribution in [2.45, 2.75) is 70.0 Å². The SMILES string of the molecule is C=C(/C=C\C=C\C(=O)OC1CC2C3CCC(C3)C2CC1OC(=O)C/C=C\C=C(/C)C(F)(F)F)C(F)(F)F. The molecule has 0 aromatic heterocycles. The molecule has 3 fully saturated rings. The van der Waals surface area contributed by atoms with Gasteiger partial charge in [-0.3, -0.25) is 4.79 Å². The molecule has 3 saturated carbocycles. The summed E-state index contributed by atoms with van der Waals surface area (Å²) in [5.74, 6) is 0.349. The number of esters is 2. The van der Waals surface area contributed by atoms with Gasteiger partial charge in [0.05, 0.1) is 6.42 Å². The Morgan fingerprint density at radius 1 is 0.838 bits per heavy atom. The van der Waals surface area contributed by atoms with Crippen LogP contribution < -0.4 is 0 Å². The first-order valence-corrected chi connectivity index (χ1v) is 12.2. The molecule has 3 aliphatic rings. The van der Waals surface area contributed by atoms with Crippen LogP contribution in [0.2, 0.25) is 0 Å². The maximum Gasteiger partial charge on any atom is 0.415 e. The lowest BCUT2D eigenvalue weighted by Gasteiger charge is -2.42. The lowest BCUT2D eigenvalue weighted by molar-refractivity contribution is -0.174. The molecular weight excluding hydrogens is 502 g/mol. The van der Waals surface area contributed by atoms with Crippen LogP contribution in [0.1, 0.15) is 45.4 Å². The van der Waals surface area contributed by atoms with Crippen molar-refractivity contribution in [2.24, 2.45) is 23.7 Å². The van der Waals surface area contributed by atoms with Crippen molar-refractivity contribution in [2.75, 3.05) is 0 Å². The number of ether oxygens (including phenoxy) is 2. The minimum Gasteiger partial charge on any atom is -0.458 e. The van der Waals surface area contributed by atoms with Crippen molar-refractivity contribution in [1.82, 2.24) is 0 Å². The first-order valence-electron chi connectivity index (χ1n) is 12.2. The molecule has 2 bridgehead atoms. The number of alkyl halides is 6. The third kappa shape index (κ3) is 7.85. The highest BCUT2D eigenvalue weighted by atomic mass is 19.4. The summed E-state index contributed by atoms with van der Waals surface area (Å²) in [5.41, 5.74) is -1.87. The summed E-state index contributed by atoms with van der Waals surface area (Å²) in [5, 5.41) is 0. The van der Waals surface area contributed by atoms with Crippen LogP contribution in [0.5, 0.6) is 0 Å². The van der Waals surface area contributed by atoms with Crippen LogP contribution in [0.3, 0.4) is 0 Å². The Balaban J connectivity index is 1.61. The van der Waals surface area contributed by atoms with Crippen molar-refractivity contribution in [3.8, 4) is 0 Å². The van der Waals surface area contributed by atoms with Gasteiger partial charge in [-0.15, -0.1) is 0 Å². The van der Waals surface area contributed by atoms with Gasteiger partial charge in [0.15, 0.2) is 0 Å². The van der Waals surface area contributed by atoms with Crippen LogP contribution in [0.4, 0.5) is 26.3 Å². The number of rotatable bonds is 8. The minimum absolute atomic E-state index is 0.243. The first kappa shape index (κ1) is 28.8. The molecule has 4 nitrogen and oxygen atoms in total. The van der Waals surface area contributed by atoms with E-state index in [1.807, 2.05) is 0 Å². The van der Waals surface area contributed by atoms with Gasteiger partial charge in [0, 0.05) is 17.2 Å². The molecule has 10 heteroatoms. The van der Waals surface area contributed by atoms with Crippen LogP contribution in [-0.4, -0.2) is 36.5 Å². The molecule has 37 heavy (non-hydrogen) atoms. The number of hydrogen-bond donors (Lipinski definition) is 0. The van der Waals surface area contributed by atoms with Gasteiger partial charge in [-0.05, 0) is 62.7 Å². The molecule has 6 unspecified atom stereocenters. The van der Waals surface area contributed by atoms with Crippen LogP contribution in [0, 0.1) is 23.7 Å². The van der Waals surface area contributed by atoms with E-state index < -0.39 is 47.6 Å². The zero-order valence-corrected chi connectivity index (χ0v) is 20.4. The van der Waals surface area contributed by atoms with Crippen molar-refractivity contribution in [3.05, 3.63) is 60.3 Å². The Hall–Kier alpha value is -2.78. The number of fused-ring (bicyclic) bond motifs is 5. The molecule has 3 rings (SSSR count). The van der Waals surface area contributed by atoms with E-state index in [0.717, 1.165) is 62.6 Å². The lowest BCUT2D eigenvalue weighted by atomic mass is 9.69. The van der Waals surface area contributed by atoms with E-state index >= 15 is 0 Å². The van der Waals surface area contributed by atoms with Gasteiger partial charge in [-0.1, -0.05) is 43.0 Å². The monoisotopic (exact) mass is 532 g/mol. The lowest BCUT2D eigenvalue weighted by Crippen LogP contribution is -2.45. The van der Waals surface area contributed by atoms with Gasteiger partial charge in [0.25, 0.3) is 0 Å². The third-order valence-electron chi connectivity index (χ3n) is 7.47. The van der Waals surface area contributed by atoms with Crippen molar-refractivity contribution < 1.29 is 45.4 Å². The fourth-order valence-electron chi connectivity index (χ4n) is 5.63. The zero-order valence-electron chi connectivity index (χ0n) is 20.4. The van der Waals surface area contributed by atoms with Crippen molar-refractivity contribution >= 4 is 11.9 Å². The highest BCUT2D eigenvalue weighted by Gasteiger charge is 2.53. The normalized spacial score (nSPS) is 30.3. The molecule has 6 atom stereocenters. The van der Waals surface area contributed by atoms with E-state index in [0.29, 0.717) is 36.5 Å². The predicted octanol–water partition coefficient (Wildman–Crippen LogP) is 6.95. The first-order chi connectivity index (χ1) is 17.3. The second kappa shape index (κ2) is 11.7. The average molecular weight is 533 g/mol. The second-order valence-corrected chi connectivity index (χ2v) is 9.86. The van der Waals surface area contributed by atoms with E-state index in [1.54, 1.807) is 0 Å². The van der Waals surface area contributed by atoms with Gasteiger partial charge < -0.3 is 9.47 Å². The smallest absolute Gasteiger partial charge is 0.415 e. The van der Waals surface area contributed by atoms with Gasteiger partial charge in [-0.2, -0.15) is 26.3 Å². The quantitative estimate of drug-likeness (QED) is 0.147. The summed E-state index contributed by atoms with van der Waals surface area (Å²) < 4.78 is 86.3. The van der Waals surface area contributed by atoms with Gasteiger partial charge in [-0.25, -0.2) is 4.79 Å². The van der Waals surface area contributed by atoms with Gasteiger partial charge in [0.2, 0.25) is 0 Å². The number of carbonyl (C=O) groups excluding carboxylic acids is 2. The summed E-state index contributed by atoms with van der Waals surface area (Å²) >= 11 is 0. The molecule has 0 N–H and O–H groups in total. The molecule has 0 aromatic carbocycles. The molecule has 3 aliphatic carbocycles. The topological polar surface area (TPSA) is 52.6 Å². The number of halogens is 6. The predicted molar refractivity (Wildman–Crippen MR) is 124 cm³/mol.